The van der Waals surface area contributed by atoms with Crippen LogP contribution in [0.25, 0.3) is 16.9 Å². The molecule has 208 valence electrons. The van der Waals surface area contributed by atoms with Crippen LogP contribution in [0, 0.1) is 5.82 Å². The smallest absolute Gasteiger partial charge is 0.254 e. The largest absolute Gasteiger partial charge is 0.497 e. The zero-order chi connectivity index (χ0) is 28.6. The zero-order valence-corrected chi connectivity index (χ0v) is 22.9. The van der Waals surface area contributed by atoms with Gasteiger partial charge in [0.05, 0.1) is 32.2 Å². The van der Waals surface area contributed by atoms with Gasteiger partial charge in [0.15, 0.2) is 0 Å². The first-order valence-corrected chi connectivity index (χ1v) is 12.6. The average molecular weight is 567 g/mol. The van der Waals surface area contributed by atoms with Gasteiger partial charge >= 0.3 is 0 Å². The third kappa shape index (κ3) is 6.96. The van der Waals surface area contributed by atoms with E-state index in [1.54, 1.807) is 55.3 Å². The van der Waals surface area contributed by atoms with Crippen LogP contribution < -0.4 is 14.8 Å². The van der Waals surface area contributed by atoms with Crippen LogP contribution >= 0.6 is 11.6 Å². The van der Waals surface area contributed by atoms with Gasteiger partial charge in [-0.15, -0.1) is 0 Å². The van der Waals surface area contributed by atoms with E-state index in [1.807, 2.05) is 12.1 Å². The van der Waals surface area contributed by atoms with E-state index in [4.69, 9.17) is 25.8 Å². The summed E-state index contributed by atoms with van der Waals surface area (Å²) in [6.07, 6.45) is 1.76. The molecule has 0 atom stereocenters. The van der Waals surface area contributed by atoms with E-state index in [0.717, 1.165) is 5.56 Å². The predicted molar refractivity (Wildman–Crippen MR) is 150 cm³/mol. The fourth-order valence-corrected chi connectivity index (χ4v) is 4.05. The van der Waals surface area contributed by atoms with Crippen LogP contribution in [0.5, 0.6) is 11.5 Å². The molecule has 4 aromatic rings. The van der Waals surface area contributed by atoms with E-state index >= 15 is 0 Å². The molecule has 0 bridgehead atoms. The number of ether oxygens (including phenoxy) is 3. The number of nitrogens with zero attached hydrogens (tertiary/aromatic N) is 3. The van der Waals surface area contributed by atoms with E-state index in [-0.39, 0.29) is 31.2 Å². The first-order chi connectivity index (χ1) is 19.3. The molecule has 0 spiro atoms. The molecule has 0 aliphatic heterocycles. The Morgan fingerprint density at radius 3 is 2.23 bits per heavy atom. The number of aromatic nitrogens is 2. The molecule has 1 heterocycles. The Balaban J connectivity index is 1.66. The van der Waals surface area contributed by atoms with Gasteiger partial charge in [0.1, 0.15) is 23.9 Å². The second kappa shape index (κ2) is 13.1. The molecule has 0 radical (unpaired) electrons. The number of hydrogen-bond acceptors (Lipinski definition) is 6. The lowest BCUT2D eigenvalue weighted by atomic mass is 10.2. The number of rotatable bonds is 11. The van der Waals surface area contributed by atoms with Crippen molar-refractivity contribution in [1.29, 1.82) is 0 Å². The van der Waals surface area contributed by atoms with E-state index < -0.39 is 17.6 Å². The number of benzene rings is 3. The summed E-state index contributed by atoms with van der Waals surface area (Å²) in [7, 11) is 4.58. The van der Waals surface area contributed by atoms with Gasteiger partial charge < -0.3 is 19.1 Å². The molecule has 0 unspecified atom stereocenters. The van der Waals surface area contributed by atoms with Gasteiger partial charge in [0.2, 0.25) is 11.9 Å². The Kier molecular flexibility index (Phi) is 9.36. The van der Waals surface area contributed by atoms with E-state index in [0.29, 0.717) is 27.9 Å². The van der Waals surface area contributed by atoms with E-state index in [2.05, 4.69) is 10.3 Å². The number of hydrogen-bond donors (Lipinski definition) is 1. The highest BCUT2D eigenvalue weighted by Crippen LogP contribution is 2.30. The van der Waals surface area contributed by atoms with E-state index in [9.17, 15) is 14.0 Å². The van der Waals surface area contributed by atoms with Gasteiger partial charge in [-0.3, -0.25) is 19.5 Å². The molecular weight excluding hydrogens is 539 g/mol. The molecule has 0 saturated carbocycles. The Hall–Kier alpha value is -4.41. The molecule has 11 heteroatoms. The molecule has 40 heavy (non-hydrogen) atoms. The lowest BCUT2D eigenvalue weighted by Crippen LogP contribution is -2.40. The van der Waals surface area contributed by atoms with Crippen LogP contribution in [0.4, 0.5) is 10.3 Å². The maximum atomic E-state index is 13.4. The van der Waals surface area contributed by atoms with Crippen molar-refractivity contribution in [2.45, 2.75) is 0 Å². The Bertz CT molecular complexity index is 1450. The molecule has 0 aliphatic rings. The van der Waals surface area contributed by atoms with Crippen molar-refractivity contribution in [3.63, 3.8) is 0 Å². The minimum Gasteiger partial charge on any atom is -0.497 e. The summed E-state index contributed by atoms with van der Waals surface area (Å²) in [5.74, 6) is -0.0831. The van der Waals surface area contributed by atoms with Crippen LogP contribution in [0.15, 0.2) is 72.9 Å². The zero-order valence-electron chi connectivity index (χ0n) is 22.2. The Morgan fingerprint density at radius 1 is 0.975 bits per heavy atom. The maximum Gasteiger partial charge on any atom is 0.254 e. The summed E-state index contributed by atoms with van der Waals surface area (Å²) < 4.78 is 31.0. The van der Waals surface area contributed by atoms with Crippen LogP contribution in [0.1, 0.15) is 10.4 Å². The molecule has 1 N–H and O–H groups in total. The molecule has 0 saturated heterocycles. The quantitative estimate of drug-likeness (QED) is 0.272. The first-order valence-electron chi connectivity index (χ1n) is 12.2. The Morgan fingerprint density at radius 2 is 1.62 bits per heavy atom. The lowest BCUT2D eigenvalue weighted by molar-refractivity contribution is -0.117. The Labute approximate surface area is 236 Å². The van der Waals surface area contributed by atoms with Crippen LogP contribution in [-0.4, -0.2) is 67.3 Å². The number of amides is 2. The SMILES string of the molecule is COCCN(CC(=O)Nc1nc(-c2ccc(Cl)cc2)cn1-c1cc(OC)cc(OC)c1)C(=O)c1ccc(F)cc1. The normalized spacial score (nSPS) is 10.7. The molecule has 4 rings (SSSR count). The highest BCUT2D eigenvalue weighted by molar-refractivity contribution is 6.30. The molecule has 0 fully saturated rings. The summed E-state index contributed by atoms with van der Waals surface area (Å²) in [5.41, 5.74) is 2.23. The molecule has 9 nitrogen and oxygen atoms in total. The van der Waals surface area contributed by atoms with Crippen molar-refractivity contribution in [3.05, 3.63) is 89.3 Å². The van der Waals surface area contributed by atoms with Crippen molar-refractivity contribution in [2.75, 3.05) is 46.3 Å². The van der Waals surface area contributed by atoms with E-state index in [1.165, 1.54) is 36.3 Å². The molecule has 0 aliphatic carbocycles. The standard InChI is InChI=1S/C29H28ClFN4O5/c1-38-13-12-34(28(37)20-6-10-22(31)11-7-20)18-27(36)33-29-32-26(19-4-8-21(30)9-5-19)17-35(29)23-14-24(39-2)16-25(15-23)40-3/h4-11,14-17H,12-13,18H2,1-3H3,(H,32,33,36). The van der Waals surface area contributed by atoms with Gasteiger partial charge in [-0.1, -0.05) is 23.7 Å². The average Bonchev–Trinajstić information content (AvgIpc) is 3.38. The maximum absolute atomic E-state index is 13.4. The summed E-state index contributed by atoms with van der Waals surface area (Å²) in [5, 5.41) is 3.40. The number of halogens is 2. The minimum atomic E-state index is -0.490. The predicted octanol–water partition coefficient (Wildman–Crippen LogP) is 5.08. The number of carbonyl (C=O) groups excluding carboxylic acids is 2. The van der Waals surface area contributed by atoms with Gasteiger partial charge in [0, 0.05) is 54.2 Å². The highest BCUT2D eigenvalue weighted by Gasteiger charge is 2.21. The summed E-state index contributed by atoms with van der Waals surface area (Å²) in [4.78, 5) is 32.4. The van der Waals surface area contributed by atoms with Crippen molar-refractivity contribution < 1.29 is 28.2 Å². The van der Waals surface area contributed by atoms with Crippen LogP contribution in [-0.2, 0) is 9.53 Å². The molecule has 2 amide bonds. The van der Waals surface area contributed by atoms with Gasteiger partial charge in [-0.05, 0) is 36.4 Å². The first kappa shape index (κ1) is 28.6. The highest BCUT2D eigenvalue weighted by atomic mass is 35.5. The van der Waals surface area contributed by atoms with Crippen LogP contribution in [0.2, 0.25) is 5.02 Å². The third-order valence-corrected chi connectivity index (χ3v) is 6.24. The number of methoxy groups -OCH3 is 3. The minimum absolute atomic E-state index is 0.150. The summed E-state index contributed by atoms with van der Waals surface area (Å²) >= 11 is 6.06. The van der Waals surface area contributed by atoms with Crippen molar-refractivity contribution >= 4 is 29.4 Å². The van der Waals surface area contributed by atoms with Gasteiger partial charge in [0.25, 0.3) is 5.91 Å². The second-order valence-electron chi connectivity index (χ2n) is 8.67. The molecule has 3 aromatic carbocycles. The topological polar surface area (TPSA) is 94.9 Å². The van der Waals surface area contributed by atoms with Crippen molar-refractivity contribution in [1.82, 2.24) is 14.5 Å². The van der Waals surface area contributed by atoms with Crippen molar-refractivity contribution in [2.24, 2.45) is 0 Å². The van der Waals surface area contributed by atoms with Crippen LogP contribution in [0.3, 0.4) is 0 Å². The fourth-order valence-electron chi connectivity index (χ4n) is 3.92. The molecule has 1 aromatic heterocycles. The fraction of sp³-hybridized carbons (Fsp3) is 0.207. The summed E-state index contributed by atoms with van der Waals surface area (Å²) in [6.45, 7) is 0.0704. The number of anilines is 1. The van der Waals surface area contributed by atoms with Gasteiger partial charge in [-0.25, -0.2) is 9.37 Å². The number of carbonyl (C=O) groups is 2. The summed E-state index contributed by atoms with van der Waals surface area (Å²) in [6, 6.07) is 17.5. The third-order valence-electron chi connectivity index (χ3n) is 5.99. The monoisotopic (exact) mass is 566 g/mol. The number of nitrogens with one attached hydrogen (secondary N) is 1. The second-order valence-corrected chi connectivity index (χ2v) is 9.11. The molecular formula is C29H28ClFN4O5. The number of imidazole rings is 1. The van der Waals surface area contributed by atoms with Crippen molar-refractivity contribution in [3.8, 4) is 28.4 Å². The van der Waals surface area contributed by atoms with Gasteiger partial charge in [-0.2, -0.15) is 0 Å². The lowest BCUT2D eigenvalue weighted by Gasteiger charge is -2.22.